The Morgan fingerprint density at radius 2 is 1.50 bits per heavy atom. The number of hydrogen-bond acceptors (Lipinski definition) is 0. The van der Waals surface area contributed by atoms with Crippen LogP contribution in [0.4, 0.5) is 0 Å². The van der Waals surface area contributed by atoms with Gasteiger partial charge in [0.1, 0.15) is 0 Å². The van der Waals surface area contributed by atoms with Crippen molar-refractivity contribution in [1.82, 2.24) is 0 Å². The van der Waals surface area contributed by atoms with Gasteiger partial charge in [0.25, 0.3) is 0 Å². The minimum absolute atomic E-state index is 0. The first-order valence-corrected chi connectivity index (χ1v) is 8.11. The van der Waals surface area contributed by atoms with Crippen molar-refractivity contribution in [3.05, 3.63) is 20.6 Å². The normalized spacial score (nSPS) is 16.8. The van der Waals surface area contributed by atoms with E-state index in [4.69, 9.17) is 0 Å². The Kier molecular flexibility index (Phi) is 4.83. The van der Waals surface area contributed by atoms with Crippen molar-refractivity contribution in [2.24, 2.45) is 0 Å². The van der Waals surface area contributed by atoms with Crippen LogP contribution in [0.25, 0.3) is 0 Å². The first-order chi connectivity index (χ1) is 5.04. The smallest absolute Gasteiger partial charge is 1.00 e. The largest absolute Gasteiger partial charge is 1.00 e. The van der Waals surface area contributed by atoms with Gasteiger partial charge in [-0.05, 0) is 0 Å². The summed E-state index contributed by atoms with van der Waals surface area (Å²) in [4.78, 5) is 0. The van der Waals surface area contributed by atoms with Gasteiger partial charge < -0.3 is 12.4 Å². The van der Waals surface area contributed by atoms with E-state index in [-0.39, 0.29) is 12.4 Å². The van der Waals surface area contributed by atoms with Gasteiger partial charge in [-0.2, -0.15) is 0 Å². The maximum atomic E-state index is 2.45. The van der Waals surface area contributed by atoms with E-state index in [2.05, 4.69) is 31.2 Å². The van der Waals surface area contributed by atoms with Crippen molar-refractivity contribution >= 4 is 0 Å². The summed E-state index contributed by atoms with van der Waals surface area (Å²) in [6.07, 6.45) is 1.25. The Bertz CT molecular complexity index is 236. The first-order valence-electron chi connectivity index (χ1n) is 4.21. The van der Waals surface area contributed by atoms with Gasteiger partial charge in [0.05, 0.1) is 0 Å². The summed E-state index contributed by atoms with van der Waals surface area (Å²) in [7, 11) is 0. The minimum Gasteiger partial charge on any atom is -1.00 e. The molecule has 68 valence electrons. The summed E-state index contributed by atoms with van der Waals surface area (Å²) in [5.74, 6) is 0. The molecule has 0 N–H and O–H groups in total. The molecule has 0 unspecified atom stereocenters. The fourth-order valence-corrected chi connectivity index (χ4v) is 4.93. The molecule has 0 heterocycles. The SMILES string of the molecule is CC1=C(C)[C]([Ti+]([CH3])[CH3])=C(C)C1.[Cl-]. The second-order valence-electron chi connectivity index (χ2n) is 3.74. The molecule has 1 aliphatic rings. The molecule has 0 amide bonds. The topological polar surface area (TPSA) is 0 Å². The van der Waals surface area contributed by atoms with Crippen molar-refractivity contribution in [1.29, 1.82) is 0 Å². The molecule has 0 aromatic heterocycles. The zero-order valence-corrected chi connectivity index (χ0v) is 10.9. The first kappa shape index (κ1) is 12.5. The second kappa shape index (κ2) is 4.65. The third-order valence-corrected chi connectivity index (χ3v) is 5.29. The van der Waals surface area contributed by atoms with E-state index < -0.39 is 17.9 Å². The van der Waals surface area contributed by atoms with Gasteiger partial charge in [-0.1, -0.05) is 0 Å². The van der Waals surface area contributed by atoms with E-state index >= 15 is 0 Å². The predicted octanol–water partition coefficient (Wildman–Crippen LogP) is 0.719. The van der Waals surface area contributed by atoms with Gasteiger partial charge >= 0.3 is 76.1 Å². The Morgan fingerprint density at radius 3 is 1.67 bits per heavy atom. The maximum Gasteiger partial charge on any atom is -1.00 e. The van der Waals surface area contributed by atoms with Crippen LogP contribution in [0.15, 0.2) is 20.6 Å². The van der Waals surface area contributed by atoms with Crippen molar-refractivity contribution in [3.63, 3.8) is 0 Å². The summed E-state index contributed by atoms with van der Waals surface area (Å²) in [6, 6.07) is 0. The minimum atomic E-state index is -0.807. The van der Waals surface area contributed by atoms with E-state index in [1.807, 2.05) is 0 Å². The predicted molar refractivity (Wildman–Crippen MR) is 47.4 cm³/mol. The molecule has 0 aromatic carbocycles. The fraction of sp³-hybridized carbons (Fsp3) is 0.600. The summed E-state index contributed by atoms with van der Waals surface area (Å²) >= 11 is -0.807. The van der Waals surface area contributed by atoms with Crippen LogP contribution < -0.4 is 12.4 Å². The zero-order valence-electron chi connectivity index (χ0n) is 8.59. The molecule has 0 aliphatic heterocycles. The third-order valence-electron chi connectivity index (χ3n) is 2.47. The molecule has 0 nitrogen and oxygen atoms in total. The molecule has 0 aromatic rings. The average Bonchev–Trinajstić information content (AvgIpc) is 2.07. The van der Waals surface area contributed by atoms with Crippen molar-refractivity contribution in [3.8, 4) is 0 Å². The zero-order chi connectivity index (χ0) is 8.59. The molecule has 12 heavy (non-hydrogen) atoms. The Hall–Kier alpha value is 0.484. The number of hydrogen-bond donors (Lipinski definition) is 0. The van der Waals surface area contributed by atoms with Crippen LogP contribution >= 0.6 is 0 Å². The maximum absolute atomic E-state index is 2.45. The molecule has 2 heteroatoms. The summed E-state index contributed by atoms with van der Waals surface area (Å²) < 4.78 is 1.77. The molecule has 1 rings (SSSR count). The van der Waals surface area contributed by atoms with E-state index in [1.54, 1.807) is 20.6 Å². The molecule has 0 bridgehead atoms. The molecule has 1 aliphatic carbocycles. The number of rotatable bonds is 1. The van der Waals surface area contributed by atoms with Crippen molar-refractivity contribution in [2.75, 3.05) is 0 Å². The van der Waals surface area contributed by atoms with E-state index in [9.17, 15) is 0 Å². The average molecular weight is 221 g/mol. The fourth-order valence-electron chi connectivity index (χ4n) is 1.95. The Balaban J connectivity index is 0.00000121. The Morgan fingerprint density at radius 1 is 1.00 bits per heavy atom. The molecule has 0 radical (unpaired) electrons. The van der Waals surface area contributed by atoms with Crippen LogP contribution in [0.1, 0.15) is 27.2 Å². The molecular formula is C10H17ClTi. The van der Waals surface area contributed by atoms with Gasteiger partial charge in [0.15, 0.2) is 0 Å². The Labute approximate surface area is 88.4 Å². The van der Waals surface area contributed by atoms with Crippen LogP contribution in [-0.2, 0) is 17.9 Å². The quantitative estimate of drug-likeness (QED) is 0.572. The van der Waals surface area contributed by atoms with Crippen LogP contribution in [0.2, 0.25) is 10.5 Å². The van der Waals surface area contributed by atoms with E-state index in [0.29, 0.717) is 0 Å². The second-order valence-corrected chi connectivity index (χ2v) is 7.64. The molecule has 0 fully saturated rings. The molecule has 0 saturated carbocycles. The van der Waals surface area contributed by atoms with Crippen LogP contribution in [-0.4, -0.2) is 0 Å². The molecular weight excluding hydrogens is 203 g/mol. The molecule has 0 saturated heterocycles. The summed E-state index contributed by atoms with van der Waals surface area (Å²) in [5, 5.41) is 4.89. The van der Waals surface area contributed by atoms with E-state index in [0.717, 1.165) is 0 Å². The van der Waals surface area contributed by atoms with Crippen LogP contribution in [0.5, 0.6) is 0 Å². The standard InChI is InChI=1S/C8H11.2CH3.ClH.Ti/c1-6-4-7(2)8(3)5-6;;;;/h4H2,1-3H3;2*1H3;1H;/q;;;;+1/p-1. The van der Waals surface area contributed by atoms with Gasteiger partial charge in [-0.25, -0.2) is 0 Å². The van der Waals surface area contributed by atoms with E-state index in [1.165, 1.54) is 6.42 Å². The van der Waals surface area contributed by atoms with Gasteiger partial charge in [0, 0.05) is 0 Å². The third kappa shape index (κ3) is 2.25. The molecule has 0 atom stereocenters. The molecule has 0 spiro atoms. The van der Waals surface area contributed by atoms with Crippen molar-refractivity contribution < 1.29 is 30.3 Å². The van der Waals surface area contributed by atoms with Crippen LogP contribution in [0, 0.1) is 0 Å². The number of allylic oxidation sites excluding steroid dienone is 4. The van der Waals surface area contributed by atoms with Crippen molar-refractivity contribution in [2.45, 2.75) is 37.6 Å². The summed E-state index contributed by atoms with van der Waals surface area (Å²) in [6.45, 7) is 6.86. The summed E-state index contributed by atoms with van der Waals surface area (Å²) in [5.41, 5.74) is 4.87. The van der Waals surface area contributed by atoms with Gasteiger partial charge in [-0.3, -0.25) is 0 Å². The monoisotopic (exact) mass is 220 g/mol. The van der Waals surface area contributed by atoms with Gasteiger partial charge in [0.2, 0.25) is 0 Å². The number of halogens is 1. The van der Waals surface area contributed by atoms with Crippen LogP contribution in [0.3, 0.4) is 0 Å². The van der Waals surface area contributed by atoms with Gasteiger partial charge in [-0.15, -0.1) is 0 Å².